The molecule has 0 aliphatic carbocycles. The topological polar surface area (TPSA) is 41.1 Å². The van der Waals surface area contributed by atoms with Gasteiger partial charge in [-0.05, 0) is 31.7 Å². The van der Waals surface area contributed by atoms with E-state index in [0.717, 1.165) is 31.8 Å². The molecule has 1 amide bonds. The molecule has 0 spiro atoms. The predicted molar refractivity (Wildman–Crippen MR) is 67.3 cm³/mol. The second-order valence-corrected chi connectivity index (χ2v) is 4.81. The molecule has 3 heteroatoms. The molecule has 1 aliphatic rings. The molecule has 1 saturated heterocycles. The van der Waals surface area contributed by atoms with Crippen LogP contribution in [-0.4, -0.2) is 25.0 Å². The number of hydrogen-bond donors (Lipinski definition) is 2. The Morgan fingerprint density at radius 3 is 2.94 bits per heavy atom. The van der Waals surface area contributed by atoms with E-state index in [1.54, 1.807) is 0 Å². The van der Waals surface area contributed by atoms with E-state index in [1.807, 2.05) is 0 Å². The van der Waals surface area contributed by atoms with Gasteiger partial charge in [0.1, 0.15) is 0 Å². The average molecular weight is 226 g/mol. The number of unbranched alkanes of at least 4 members (excludes halogenated alkanes) is 1. The van der Waals surface area contributed by atoms with E-state index in [2.05, 4.69) is 24.5 Å². The van der Waals surface area contributed by atoms with Crippen molar-refractivity contribution in [2.45, 2.75) is 58.4 Å². The van der Waals surface area contributed by atoms with E-state index in [0.29, 0.717) is 0 Å². The second kappa shape index (κ2) is 7.66. The maximum absolute atomic E-state index is 11.5. The van der Waals surface area contributed by atoms with Crippen molar-refractivity contribution in [3.63, 3.8) is 0 Å². The number of hydrogen-bond acceptors (Lipinski definition) is 2. The molecule has 3 nitrogen and oxygen atoms in total. The number of carbonyl (C=O) groups is 1. The highest BCUT2D eigenvalue weighted by Crippen LogP contribution is 2.12. The maximum Gasteiger partial charge on any atom is 0.237 e. The monoisotopic (exact) mass is 226 g/mol. The van der Waals surface area contributed by atoms with Crippen molar-refractivity contribution in [1.29, 1.82) is 0 Å². The van der Waals surface area contributed by atoms with Crippen molar-refractivity contribution in [3.8, 4) is 0 Å². The van der Waals surface area contributed by atoms with Gasteiger partial charge in [0, 0.05) is 6.54 Å². The number of piperidine rings is 1. The minimum Gasteiger partial charge on any atom is -0.355 e. The van der Waals surface area contributed by atoms with Crippen LogP contribution in [0.1, 0.15) is 52.4 Å². The van der Waals surface area contributed by atoms with Crippen LogP contribution in [0.2, 0.25) is 0 Å². The molecule has 1 rings (SSSR count). The third kappa shape index (κ3) is 4.52. The molecular weight excluding hydrogens is 200 g/mol. The molecule has 0 aromatic carbocycles. The number of amides is 1. The van der Waals surface area contributed by atoms with Gasteiger partial charge in [-0.25, -0.2) is 0 Å². The zero-order valence-corrected chi connectivity index (χ0v) is 10.7. The van der Waals surface area contributed by atoms with E-state index in [9.17, 15) is 4.79 Å². The quantitative estimate of drug-likeness (QED) is 0.698. The summed E-state index contributed by atoms with van der Waals surface area (Å²) in [5, 5.41) is 6.33. The third-order valence-corrected chi connectivity index (χ3v) is 3.48. The molecular formula is C13H26N2O. The molecule has 2 N–H and O–H groups in total. The summed E-state index contributed by atoms with van der Waals surface area (Å²) in [5.41, 5.74) is 0. The number of nitrogens with one attached hydrogen (secondary N) is 2. The van der Waals surface area contributed by atoms with Crippen LogP contribution >= 0.6 is 0 Å². The van der Waals surface area contributed by atoms with Gasteiger partial charge < -0.3 is 10.6 Å². The molecule has 0 radical (unpaired) electrons. The first kappa shape index (κ1) is 13.5. The lowest BCUT2D eigenvalue weighted by molar-refractivity contribution is -0.124. The molecule has 94 valence electrons. The zero-order valence-electron chi connectivity index (χ0n) is 10.7. The lowest BCUT2D eigenvalue weighted by Gasteiger charge is -2.25. The van der Waals surface area contributed by atoms with Crippen LogP contribution in [0.25, 0.3) is 0 Å². The maximum atomic E-state index is 11.5. The molecule has 16 heavy (non-hydrogen) atoms. The standard InChI is InChI=1S/C13H26N2O/c1-3-5-7-11(4-2)10-15-12-8-6-9-14-13(12)16/h11-12,15H,3-10H2,1-2H3,(H,14,16). The van der Waals surface area contributed by atoms with Crippen molar-refractivity contribution in [2.24, 2.45) is 5.92 Å². The summed E-state index contributed by atoms with van der Waals surface area (Å²) in [6.07, 6.45) is 7.17. The van der Waals surface area contributed by atoms with Crippen LogP contribution in [0.4, 0.5) is 0 Å². The first-order valence-electron chi connectivity index (χ1n) is 6.79. The summed E-state index contributed by atoms with van der Waals surface area (Å²) in [6.45, 7) is 6.32. The van der Waals surface area contributed by atoms with Crippen LogP contribution in [0.5, 0.6) is 0 Å². The van der Waals surface area contributed by atoms with Crippen LogP contribution in [0, 0.1) is 5.92 Å². The Bertz CT molecular complexity index is 206. The molecule has 0 aromatic heterocycles. The van der Waals surface area contributed by atoms with Gasteiger partial charge in [-0.3, -0.25) is 4.79 Å². The van der Waals surface area contributed by atoms with Gasteiger partial charge in [0.2, 0.25) is 5.91 Å². The molecule has 2 atom stereocenters. The Morgan fingerprint density at radius 2 is 2.31 bits per heavy atom. The molecule has 1 aliphatic heterocycles. The Balaban J connectivity index is 2.22. The fourth-order valence-electron chi connectivity index (χ4n) is 2.22. The lowest BCUT2D eigenvalue weighted by Crippen LogP contribution is -2.49. The zero-order chi connectivity index (χ0) is 11.8. The van der Waals surface area contributed by atoms with Crippen molar-refractivity contribution < 1.29 is 4.79 Å². The predicted octanol–water partition coefficient (Wildman–Crippen LogP) is 2.07. The molecule has 1 heterocycles. The second-order valence-electron chi connectivity index (χ2n) is 4.81. The first-order chi connectivity index (χ1) is 7.77. The van der Waals surface area contributed by atoms with Gasteiger partial charge in [-0.15, -0.1) is 0 Å². The van der Waals surface area contributed by atoms with Crippen molar-refractivity contribution in [1.82, 2.24) is 10.6 Å². The fourth-order valence-corrected chi connectivity index (χ4v) is 2.22. The van der Waals surface area contributed by atoms with Gasteiger partial charge in [0.05, 0.1) is 6.04 Å². The Kier molecular flexibility index (Phi) is 6.46. The Morgan fingerprint density at radius 1 is 1.50 bits per heavy atom. The Labute approximate surface area is 99.4 Å². The van der Waals surface area contributed by atoms with E-state index < -0.39 is 0 Å². The minimum absolute atomic E-state index is 0.0597. The van der Waals surface area contributed by atoms with Gasteiger partial charge in [0.25, 0.3) is 0 Å². The summed E-state index contributed by atoms with van der Waals surface area (Å²) in [5.74, 6) is 0.922. The van der Waals surface area contributed by atoms with Gasteiger partial charge >= 0.3 is 0 Å². The molecule has 1 fully saturated rings. The van der Waals surface area contributed by atoms with E-state index in [1.165, 1.54) is 25.7 Å². The summed E-state index contributed by atoms with van der Waals surface area (Å²) in [6, 6.07) is 0.0597. The Hall–Kier alpha value is -0.570. The van der Waals surface area contributed by atoms with E-state index >= 15 is 0 Å². The minimum atomic E-state index is 0.0597. The molecule has 0 saturated carbocycles. The highest BCUT2D eigenvalue weighted by Gasteiger charge is 2.21. The normalized spacial score (nSPS) is 22.9. The van der Waals surface area contributed by atoms with Crippen LogP contribution < -0.4 is 10.6 Å². The summed E-state index contributed by atoms with van der Waals surface area (Å²) >= 11 is 0. The first-order valence-corrected chi connectivity index (χ1v) is 6.79. The van der Waals surface area contributed by atoms with Crippen LogP contribution in [-0.2, 0) is 4.79 Å². The van der Waals surface area contributed by atoms with Crippen molar-refractivity contribution >= 4 is 5.91 Å². The number of carbonyl (C=O) groups excluding carboxylic acids is 1. The largest absolute Gasteiger partial charge is 0.355 e. The highest BCUT2D eigenvalue weighted by atomic mass is 16.2. The average Bonchev–Trinajstić information content (AvgIpc) is 2.31. The van der Waals surface area contributed by atoms with Crippen LogP contribution in [0.15, 0.2) is 0 Å². The van der Waals surface area contributed by atoms with Gasteiger partial charge in [-0.2, -0.15) is 0 Å². The van der Waals surface area contributed by atoms with Gasteiger partial charge in [0.15, 0.2) is 0 Å². The summed E-state index contributed by atoms with van der Waals surface area (Å²) in [7, 11) is 0. The number of rotatable bonds is 7. The van der Waals surface area contributed by atoms with E-state index in [4.69, 9.17) is 0 Å². The summed E-state index contributed by atoms with van der Waals surface area (Å²) < 4.78 is 0. The fraction of sp³-hybridized carbons (Fsp3) is 0.923. The van der Waals surface area contributed by atoms with Crippen LogP contribution in [0.3, 0.4) is 0 Å². The van der Waals surface area contributed by atoms with Crippen molar-refractivity contribution in [3.05, 3.63) is 0 Å². The van der Waals surface area contributed by atoms with Gasteiger partial charge in [-0.1, -0.05) is 33.1 Å². The smallest absolute Gasteiger partial charge is 0.237 e. The molecule has 2 unspecified atom stereocenters. The lowest BCUT2D eigenvalue weighted by atomic mass is 9.98. The molecule has 0 bridgehead atoms. The third-order valence-electron chi connectivity index (χ3n) is 3.48. The van der Waals surface area contributed by atoms with E-state index in [-0.39, 0.29) is 11.9 Å². The summed E-state index contributed by atoms with van der Waals surface area (Å²) in [4.78, 5) is 11.5. The SMILES string of the molecule is CCCCC(CC)CNC1CCCNC1=O. The van der Waals surface area contributed by atoms with Crippen molar-refractivity contribution in [2.75, 3.05) is 13.1 Å². The molecule has 0 aromatic rings. The highest BCUT2D eigenvalue weighted by molar-refractivity contribution is 5.82.